The third-order valence-electron chi connectivity index (χ3n) is 8.09. The van der Waals surface area contributed by atoms with E-state index in [0.29, 0.717) is 37.3 Å². The first-order valence-electron chi connectivity index (χ1n) is 14.0. The molecule has 1 aliphatic carbocycles. The molecule has 0 radical (unpaired) electrons. The fraction of sp³-hybridized carbons (Fsp3) is 0.484. The maximum atomic E-state index is 13.8. The molecule has 0 aromatic heterocycles. The van der Waals surface area contributed by atoms with E-state index in [1.165, 1.54) is 18.2 Å². The van der Waals surface area contributed by atoms with E-state index in [4.69, 9.17) is 10.1 Å². The minimum absolute atomic E-state index is 0.0265. The van der Waals surface area contributed by atoms with Gasteiger partial charge in [0, 0.05) is 24.2 Å². The number of aliphatic imine (C=N–C) groups is 1. The SMILES string of the molecule is CC(C)(C)C1CCC2(CC1)N=C(c1cccc(OC(F)(F)F)c1)C(=O)N2CCc1ccc(C(=O)NCCC(=O)O)cc1. The van der Waals surface area contributed by atoms with Crippen LogP contribution in [0.25, 0.3) is 0 Å². The van der Waals surface area contributed by atoms with Crippen molar-refractivity contribution < 1.29 is 37.4 Å². The number of amides is 2. The van der Waals surface area contributed by atoms with Crippen LogP contribution >= 0.6 is 0 Å². The molecule has 8 nitrogen and oxygen atoms in total. The molecule has 2 aliphatic rings. The number of aliphatic carboxylic acids is 1. The van der Waals surface area contributed by atoms with Crippen LogP contribution in [0.5, 0.6) is 5.75 Å². The van der Waals surface area contributed by atoms with Crippen LogP contribution in [0, 0.1) is 11.3 Å². The second kappa shape index (κ2) is 12.1. The zero-order valence-electron chi connectivity index (χ0n) is 24.0. The number of nitrogens with zero attached hydrogens (tertiary/aromatic N) is 2. The fourth-order valence-electron chi connectivity index (χ4n) is 5.75. The summed E-state index contributed by atoms with van der Waals surface area (Å²) in [6.07, 6.45) is -1.50. The lowest BCUT2D eigenvalue weighted by molar-refractivity contribution is -0.274. The topological polar surface area (TPSA) is 108 Å². The molecule has 1 heterocycles. The van der Waals surface area contributed by atoms with Crippen molar-refractivity contribution in [3.63, 3.8) is 0 Å². The number of nitrogens with one attached hydrogen (secondary N) is 1. The molecule has 1 spiro atoms. The van der Waals surface area contributed by atoms with Crippen molar-refractivity contribution in [3.8, 4) is 5.75 Å². The molecule has 1 fully saturated rings. The maximum absolute atomic E-state index is 13.8. The molecule has 0 saturated heterocycles. The first-order chi connectivity index (χ1) is 19.7. The van der Waals surface area contributed by atoms with E-state index in [0.717, 1.165) is 18.4 Å². The highest BCUT2D eigenvalue weighted by Gasteiger charge is 2.50. The van der Waals surface area contributed by atoms with E-state index in [-0.39, 0.29) is 41.5 Å². The van der Waals surface area contributed by atoms with Crippen LogP contribution in [0.1, 0.15) is 74.4 Å². The van der Waals surface area contributed by atoms with Gasteiger partial charge in [-0.3, -0.25) is 19.4 Å². The van der Waals surface area contributed by atoms with E-state index < -0.39 is 23.7 Å². The zero-order chi connectivity index (χ0) is 30.7. The van der Waals surface area contributed by atoms with Gasteiger partial charge in [0.1, 0.15) is 17.1 Å². The highest BCUT2D eigenvalue weighted by atomic mass is 19.4. The monoisotopic (exact) mass is 587 g/mol. The number of hydrogen-bond acceptors (Lipinski definition) is 5. The van der Waals surface area contributed by atoms with Gasteiger partial charge in [-0.25, -0.2) is 0 Å². The molecule has 226 valence electrons. The third-order valence-corrected chi connectivity index (χ3v) is 8.09. The van der Waals surface area contributed by atoms with Gasteiger partial charge < -0.3 is 20.1 Å². The lowest BCUT2D eigenvalue weighted by Crippen LogP contribution is -2.50. The van der Waals surface area contributed by atoms with Crippen molar-refractivity contribution in [2.45, 2.75) is 71.3 Å². The third kappa shape index (κ3) is 7.49. The normalized spacial score (nSPS) is 20.9. The van der Waals surface area contributed by atoms with E-state index in [1.807, 2.05) is 0 Å². The Hall–Kier alpha value is -3.89. The molecule has 1 aliphatic heterocycles. The molecule has 2 aromatic rings. The van der Waals surface area contributed by atoms with E-state index in [9.17, 15) is 27.6 Å². The second-order valence-corrected chi connectivity index (χ2v) is 12.0. The molecule has 1 saturated carbocycles. The minimum Gasteiger partial charge on any atom is -0.481 e. The highest BCUT2D eigenvalue weighted by molar-refractivity contribution is 6.46. The standard InChI is InChI=1S/C31H36F3N3O5/c1-29(2,3)23-11-15-30(16-12-23)36-26(22-5-4-6-24(19-22)42-31(32,33)34)28(41)37(30)18-14-20-7-9-21(10-8-20)27(40)35-17-13-25(38)39/h4-10,19,23H,11-18H2,1-3H3,(H,35,40)(H,38,39). The van der Waals surface area contributed by atoms with Crippen LogP contribution in [0.3, 0.4) is 0 Å². The molecule has 42 heavy (non-hydrogen) atoms. The van der Waals surface area contributed by atoms with Crippen molar-refractivity contribution in [2.75, 3.05) is 13.1 Å². The molecule has 4 rings (SSSR count). The summed E-state index contributed by atoms with van der Waals surface area (Å²) >= 11 is 0. The maximum Gasteiger partial charge on any atom is 0.573 e. The summed E-state index contributed by atoms with van der Waals surface area (Å²) in [6, 6.07) is 12.2. The molecule has 11 heteroatoms. The van der Waals surface area contributed by atoms with Crippen molar-refractivity contribution >= 4 is 23.5 Å². The Balaban J connectivity index is 1.53. The molecular formula is C31H36F3N3O5. The van der Waals surface area contributed by atoms with Crippen LogP contribution in [0.4, 0.5) is 13.2 Å². The zero-order valence-corrected chi connectivity index (χ0v) is 24.0. The van der Waals surface area contributed by atoms with Crippen LogP contribution in [-0.2, 0) is 16.0 Å². The average molecular weight is 588 g/mol. The van der Waals surface area contributed by atoms with Crippen molar-refractivity contribution in [1.29, 1.82) is 0 Å². The van der Waals surface area contributed by atoms with Gasteiger partial charge in [0.2, 0.25) is 0 Å². The van der Waals surface area contributed by atoms with Gasteiger partial charge in [-0.2, -0.15) is 0 Å². The summed E-state index contributed by atoms with van der Waals surface area (Å²) in [5.74, 6) is -1.66. The molecule has 0 unspecified atom stereocenters. The second-order valence-electron chi connectivity index (χ2n) is 12.0. The molecule has 2 aromatic carbocycles. The Labute approximate surface area is 243 Å². The first-order valence-corrected chi connectivity index (χ1v) is 14.0. The Kier molecular flexibility index (Phi) is 8.98. The number of carbonyl (C=O) groups excluding carboxylic acids is 2. The van der Waals surface area contributed by atoms with E-state index in [2.05, 4.69) is 30.8 Å². The Bertz CT molecular complexity index is 1340. The van der Waals surface area contributed by atoms with Gasteiger partial charge in [-0.05, 0) is 73.3 Å². The smallest absolute Gasteiger partial charge is 0.481 e. The van der Waals surface area contributed by atoms with Crippen LogP contribution in [0.15, 0.2) is 53.5 Å². The molecule has 0 atom stereocenters. The number of hydrogen-bond donors (Lipinski definition) is 2. The summed E-state index contributed by atoms with van der Waals surface area (Å²) in [7, 11) is 0. The predicted octanol–water partition coefficient (Wildman–Crippen LogP) is 5.60. The molecule has 2 N–H and O–H groups in total. The molecule has 2 amide bonds. The van der Waals surface area contributed by atoms with Gasteiger partial charge in [-0.1, -0.05) is 45.0 Å². The number of benzene rings is 2. The van der Waals surface area contributed by atoms with Crippen LogP contribution in [-0.4, -0.2) is 58.6 Å². The minimum atomic E-state index is -4.85. The fourth-order valence-corrected chi connectivity index (χ4v) is 5.75. The van der Waals surface area contributed by atoms with Crippen molar-refractivity contribution in [3.05, 3.63) is 65.2 Å². The van der Waals surface area contributed by atoms with Gasteiger partial charge in [0.05, 0.1) is 6.42 Å². The summed E-state index contributed by atoms with van der Waals surface area (Å²) in [5.41, 5.74) is 1.01. The quantitative estimate of drug-likeness (QED) is 0.397. The molecular weight excluding hydrogens is 551 g/mol. The van der Waals surface area contributed by atoms with Crippen LogP contribution in [0.2, 0.25) is 0 Å². The van der Waals surface area contributed by atoms with Gasteiger partial charge in [0.15, 0.2) is 0 Å². The average Bonchev–Trinajstić information content (AvgIpc) is 3.17. The lowest BCUT2D eigenvalue weighted by Gasteiger charge is -2.45. The van der Waals surface area contributed by atoms with E-state index in [1.54, 1.807) is 35.2 Å². The highest BCUT2D eigenvalue weighted by Crippen LogP contribution is 2.46. The van der Waals surface area contributed by atoms with Crippen molar-refractivity contribution in [1.82, 2.24) is 10.2 Å². The number of carbonyl (C=O) groups is 3. The largest absolute Gasteiger partial charge is 0.573 e. The van der Waals surface area contributed by atoms with Crippen LogP contribution < -0.4 is 10.1 Å². The number of rotatable bonds is 9. The van der Waals surface area contributed by atoms with Gasteiger partial charge >= 0.3 is 12.3 Å². The number of carboxylic acid groups (broad SMARTS) is 1. The van der Waals surface area contributed by atoms with E-state index >= 15 is 0 Å². The summed E-state index contributed by atoms with van der Waals surface area (Å²) < 4.78 is 42.6. The van der Waals surface area contributed by atoms with Gasteiger partial charge in [-0.15, -0.1) is 13.2 Å². The number of ether oxygens (including phenoxy) is 1. The molecule has 0 bridgehead atoms. The Morgan fingerprint density at radius 2 is 1.76 bits per heavy atom. The summed E-state index contributed by atoms with van der Waals surface area (Å²) in [5, 5.41) is 11.3. The summed E-state index contributed by atoms with van der Waals surface area (Å²) in [4.78, 5) is 43.4. The number of alkyl halides is 3. The van der Waals surface area contributed by atoms with Crippen molar-refractivity contribution in [2.24, 2.45) is 16.3 Å². The lowest BCUT2D eigenvalue weighted by atomic mass is 9.69. The number of carboxylic acids is 1. The Morgan fingerprint density at radius 1 is 1.10 bits per heavy atom. The number of halogens is 3. The summed E-state index contributed by atoms with van der Waals surface area (Å²) in [6.45, 7) is 6.96. The Morgan fingerprint density at radius 3 is 2.36 bits per heavy atom. The predicted molar refractivity (Wildman–Crippen MR) is 150 cm³/mol. The first kappa shape index (κ1) is 31.1. The van der Waals surface area contributed by atoms with Gasteiger partial charge in [0.25, 0.3) is 11.8 Å².